The maximum absolute atomic E-state index is 12.9. The SMILES string of the molecule is O=C(CCn1cnc2ccccc2c1=O)NCCn1nc(-c2cccnc2)n(C2CC2)c1=O. The molecule has 1 aliphatic carbocycles. The molecule has 1 N–H and O–H groups in total. The summed E-state index contributed by atoms with van der Waals surface area (Å²) in [5, 5.41) is 7.82. The Morgan fingerprint density at radius 1 is 1.09 bits per heavy atom. The molecule has 33 heavy (non-hydrogen) atoms. The lowest BCUT2D eigenvalue weighted by atomic mass is 10.2. The van der Waals surface area contributed by atoms with E-state index in [9.17, 15) is 14.4 Å². The number of carbonyl (C=O) groups excluding carboxylic acids is 1. The number of hydrogen-bond donors (Lipinski definition) is 1. The van der Waals surface area contributed by atoms with Crippen LogP contribution in [-0.4, -0.2) is 41.3 Å². The van der Waals surface area contributed by atoms with E-state index in [1.54, 1.807) is 35.2 Å². The Kier molecular flexibility index (Phi) is 5.55. The normalized spacial score (nSPS) is 13.3. The third-order valence-corrected chi connectivity index (χ3v) is 5.66. The minimum atomic E-state index is -0.211. The summed E-state index contributed by atoms with van der Waals surface area (Å²) in [5.74, 6) is 0.391. The van der Waals surface area contributed by atoms with Crippen LogP contribution in [0.5, 0.6) is 0 Å². The molecule has 1 amide bonds. The summed E-state index contributed by atoms with van der Waals surface area (Å²) in [6, 6.07) is 11.0. The molecule has 4 aromatic rings. The number of benzene rings is 1. The number of para-hydroxylation sites is 1. The van der Waals surface area contributed by atoms with Crippen molar-refractivity contribution in [2.75, 3.05) is 6.54 Å². The lowest BCUT2D eigenvalue weighted by molar-refractivity contribution is -0.121. The van der Waals surface area contributed by atoms with Crippen LogP contribution in [0, 0.1) is 0 Å². The predicted octanol–water partition coefficient (Wildman–Crippen LogP) is 1.36. The Morgan fingerprint density at radius 3 is 2.73 bits per heavy atom. The van der Waals surface area contributed by atoms with Crippen molar-refractivity contribution in [2.24, 2.45) is 0 Å². The summed E-state index contributed by atoms with van der Waals surface area (Å²) in [5.41, 5.74) is 1.07. The highest BCUT2D eigenvalue weighted by Crippen LogP contribution is 2.36. The fourth-order valence-electron chi connectivity index (χ4n) is 3.80. The molecule has 168 valence electrons. The van der Waals surface area contributed by atoms with Crippen LogP contribution in [0.15, 0.2) is 64.7 Å². The third kappa shape index (κ3) is 4.32. The van der Waals surface area contributed by atoms with Crippen LogP contribution in [-0.2, 0) is 17.9 Å². The topological polar surface area (TPSA) is 117 Å². The molecular weight excluding hydrogens is 422 g/mol. The molecule has 0 aliphatic heterocycles. The maximum atomic E-state index is 12.9. The molecular formula is C23H23N7O3. The first-order valence-corrected chi connectivity index (χ1v) is 10.9. The molecule has 5 rings (SSSR count). The highest BCUT2D eigenvalue weighted by Gasteiger charge is 2.30. The standard InChI is InChI=1S/C23H23N7O3/c31-20(9-12-28-15-26-19-6-2-1-5-18(19)22(28)32)25-11-13-29-23(33)30(17-7-8-17)21(27-29)16-4-3-10-24-14-16/h1-6,10,14-15,17H,7-9,11-13H2,(H,25,31). The van der Waals surface area contributed by atoms with Gasteiger partial charge in [-0.3, -0.25) is 23.7 Å². The largest absolute Gasteiger partial charge is 0.354 e. The summed E-state index contributed by atoms with van der Waals surface area (Å²) >= 11 is 0. The van der Waals surface area contributed by atoms with Crippen molar-refractivity contribution >= 4 is 16.8 Å². The van der Waals surface area contributed by atoms with Crippen LogP contribution in [0.1, 0.15) is 25.3 Å². The highest BCUT2D eigenvalue weighted by molar-refractivity contribution is 5.77. The Hall–Kier alpha value is -4.08. The monoisotopic (exact) mass is 445 g/mol. The van der Waals surface area contributed by atoms with Crippen molar-refractivity contribution in [3.05, 3.63) is 76.0 Å². The second-order valence-electron chi connectivity index (χ2n) is 8.03. The van der Waals surface area contributed by atoms with E-state index in [0.717, 1.165) is 18.4 Å². The second kappa shape index (κ2) is 8.81. The van der Waals surface area contributed by atoms with Gasteiger partial charge in [-0.1, -0.05) is 12.1 Å². The quantitative estimate of drug-likeness (QED) is 0.438. The zero-order valence-corrected chi connectivity index (χ0v) is 17.9. The van der Waals surface area contributed by atoms with Gasteiger partial charge in [0.25, 0.3) is 5.56 Å². The number of rotatable bonds is 8. The van der Waals surface area contributed by atoms with Gasteiger partial charge in [0.1, 0.15) is 0 Å². The number of aromatic nitrogens is 6. The van der Waals surface area contributed by atoms with Crippen LogP contribution >= 0.6 is 0 Å². The number of nitrogens with zero attached hydrogens (tertiary/aromatic N) is 6. The van der Waals surface area contributed by atoms with E-state index >= 15 is 0 Å². The lowest BCUT2D eigenvalue weighted by Crippen LogP contribution is -2.33. The minimum Gasteiger partial charge on any atom is -0.354 e. The summed E-state index contributed by atoms with van der Waals surface area (Å²) in [6.07, 6.45) is 6.87. The lowest BCUT2D eigenvalue weighted by Gasteiger charge is -2.07. The molecule has 1 aliphatic rings. The average Bonchev–Trinajstić information content (AvgIpc) is 3.63. The number of aryl methyl sites for hydroxylation is 1. The van der Waals surface area contributed by atoms with Gasteiger partial charge in [-0.15, -0.1) is 5.10 Å². The minimum absolute atomic E-state index is 0.131. The van der Waals surface area contributed by atoms with Crippen molar-refractivity contribution in [2.45, 2.75) is 38.4 Å². The smallest absolute Gasteiger partial charge is 0.346 e. The average molecular weight is 445 g/mol. The Bertz CT molecular complexity index is 1420. The highest BCUT2D eigenvalue weighted by atomic mass is 16.2. The molecule has 0 saturated heterocycles. The summed E-state index contributed by atoms with van der Waals surface area (Å²) in [7, 11) is 0. The van der Waals surface area contributed by atoms with E-state index in [0.29, 0.717) is 16.7 Å². The van der Waals surface area contributed by atoms with E-state index in [2.05, 4.69) is 20.4 Å². The van der Waals surface area contributed by atoms with E-state index in [-0.39, 0.29) is 49.3 Å². The first kappa shape index (κ1) is 20.8. The summed E-state index contributed by atoms with van der Waals surface area (Å²) in [4.78, 5) is 46.1. The van der Waals surface area contributed by atoms with Crippen molar-refractivity contribution in [1.29, 1.82) is 0 Å². The number of pyridine rings is 1. The van der Waals surface area contributed by atoms with Gasteiger partial charge in [0, 0.05) is 43.5 Å². The Labute approximate surface area is 188 Å². The van der Waals surface area contributed by atoms with Gasteiger partial charge in [0.15, 0.2) is 5.82 Å². The van der Waals surface area contributed by atoms with E-state index in [1.807, 2.05) is 18.2 Å². The molecule has 3 aromatic heterocycles. The third-order valence-electron chi connectivity index (χ3n) is 5.66. The van der Waals surface area contributed by atoms with Crippen molar-refractivity contribution in [1.82, 2.24) is 34.2 Å². The maximum Gasteiger partial charge on any atom is 0.346 e. The second-order valence-corrected chi connectivity index (χ2v) is 8.03. The molecule has 0 unspecified atom stereocenters. The number of amides is 1. The summed E-state index contributed by atoms with van der Waals surface area (Å²) < 4.78 is 4.54. The molecule has 10 heteroatoms. The first-order chi connectivity index (χ1) is 16.1. The molecule has 0 bridgehead atoms. The molecule has 0 spiro atoms. The molecule has 1 saturated carbocycles. The number of carbonyl (C=O) groups is 1. The van der Waals surface area contributed by atoms with Gasteiger partial charge in [-0.05, 0) is 37.1 Å². The number of hydrogen-bond acceptors (Lipinski definition) is 6. The Balaban J connectivity index is 1.21. The van der Waals surface area contributed by atoms with Crippen LogP contribution in [0.2, 0.25) is 0 Å². The van der Waals surface area contributed by atoms with Gasteiger partial charge in [-0.2, -0.15) is 0 Å². The van der Waals surface area contributed by atoms with Crippen molar-refractivity contribution in [3.63, 3.8) is 0 Å². The molecule has 10 nitrogen and oxygen atoms in total. The zero-order valence-electron chi connectivity index (χ0n) is 17.9. The van der Waals surface area contributed by atoms with Gasteiger partial charge in [0.05, 0.1) is 23.8 Å². The van der Waals surface area contributed by atoms with E-state index in [4.69, 9.17) is 0 Å². The van der Waals surface area contributed by atoms with Crippen LogP contribution in [0.3, 0.4) is 0 Å². The number of fused-ring (bicyclic) bond motifs is 1. The first-order valence-electron chi connectivity index (χ1n) is 10.9. The number of nitrogens with one attached hydrogen (secondary N) is 1. The fourth-order valence-corrected chi connectivity index (χ4v) is 3.80. The summed E-state index contributed by atoms with van der Waals surface area (Å²) in [6.45, 7) is 0.747. The molecule has 1 aromatic carbocycles. The van der Waals surface area contributed by atoms with Crippen LogP contribution in [0.25, 0.3) is 22.3 Å². The molecule has 0 atom stereocenters. The van der Waals surface area contributed by atoms with Gasteiger partial charge < -0.3 is 5.32 Å². The van der Waals surface area contributed by atoms with Gasteiger partial charge in [-0.25, -0.2) is 14.5 Å². The van der Waals surface area contributed by atoms with E-state index < -0.39 is 0 Å². The molecule has 0 radical (unpaired) electrons. The van der Waals surface area contributed by atoms with E-state index in [1.165, 1.54) is 15.6 Å². The molecule has 3 heterocycles. The van der Waals surface area contributed by atoms with Gasteiger partial charge in [0.2, 0.25) is 5.91 Å². The van der Waals surface area contributed by atoms with Crippen LogP contribution < -0.4 is 16.6 Å². The molecule has 1 fully saturated rings. The zero-order chi connectivity index (χ0) is 22.8. The Morgan fingerprint density at radius 2 is 1.94 bits per heavy atom. The fraction of sp³-hybridized carbons (Fsp3) is 0.304. The van der Waals surface area contributed by atoms with Crippen molar-refractivity contribution in [3.8, 4) is 11.4 Å². The predicted molar refractivity (Wildman–Crippen MR) is 122 cm³/mol. The van der Waals surface area contributed by atoms with Crippen LogP contribution in [0.4, 0.5) is 0 Å². The van der Waals surface area contributed by atoms with Gasteiger partial charge >= 0.3 is 5.69 Å². The van der Waals surface area contributed by atoms with Crippen molar-refractivity contribution < 1.29 is 4.79 Å².